The highest BCUT2D eigenvalue weighted by Crippen LogP contribution is 2.61. The number of hydrogen-bond acceptors (Lipinski definition) is 18. The largest absolute Gasteiger partial charge is 0.481 e. The Kier molecular flexibility index (Phi) is 16.3. The highest BCUT2D eigenvalue weighted by Gasteiger charge is 2.50. The number of rotatable bonds is 22. The molecule has 2 aromatic heterocycles. The molecular formula is C27H44N7O17P3S. The van der Waals surface area contributed by atoms with E-state index in [9.17, 15) is 58.2 Å². The van der Waals surface area contributed by atoms with E-state index < -0.39 is 90.2 Å². The second-order valence-corrected chi connectivity index (χ2v) is 17.9. The number of anilines is 1. The molecule has 55 heavy (non-hydrogen) atoms. The number of phosphoric acid groups is 3. The molecule has 0 radical (unpaired) electrons. The van der Waals surface area contributed by atoms with Crippen molar-refractivity contribution in [2.45, 2.75) is 63.4 Å². The van der Waals surface area contributed by atoms with Crippen molar-refractivity contribution in [1.82, 2.24) is 30.2 Å². The summed E-state index contributed by atoms with van der Waals surface area (Å²) in [5.41, 5.74) is 3.12. The van der Waals surface area contributed by atoms with Crippen molar-refractivity contribution in [1.29, 1.82) is 0 Å². The van der Waals surface area contributed by atoms with Crippen LogP contribution in [0.15, 0.2) is 36.8 Å². The SMILES string of the molecule is C=CC(C)(O)C=CSCCNC(=O)CCNC(=O)C(O)C(C)(C)COP(=O)(O)OP(=O)(O)OC[C@H]1O[C@@H](n2cnc3c(N)ncnc32)[C@H](O)[C@@H]1OP(=O)(O)O. The fourth-order valence-electron chi connectivity index (χ4n) is 4.51. The summed E-state index contributed by atoms with van der Waals surface area (Å²) < 4.78 is 62.0. The lowest BCUT2D eigenvalue weighted by Gasteiger charge is -2.30. The van der Waals surface area contributed by atoms with Crippen molar-refractivity contribution in [3.8, 4) is 0 Å². The molecule has 8 atom stereocenters. The Morgan fingerprint density at radius 3 is 2.44 bits per heavy atom. The van der Waals surface area contributed by atoms with Crippen LogP contribution in [0.3, 0.4) is 0 Å². The molecule has 310 valence electrons. The maximum absolute atomic E-state index is 12.7. The van der Waals surface area contributed by atoms with Gasteiger partial charge in [-0.05, 0) is 18.4 Å². The fourth-order valence-corrected chi connectivity index (χ4v) is 8.07. The first-order valence-corrected chi connectivity index (χ1v) is 21.5. The van der Waals surface area contributed by atoms with Crippen LogP contribution >= 0.6 is 35.2 Å². The van der Waals surface area contributed by atoms with E-state index in [2.05, 4.69) is 41.0 Å². The summed E-state index contributed by atoms with van der Waals surface area (Å²) in [7, 11) is -16.4. The van der Waals surface area contributed by atoms with Gasteiger partial charge in [0, 0.05) is 30.7 Å². The summed E-state index contributed by atoms with van der Waals surface area (Å²) in [6.45, 7) is 5.67. The Bertz CT molecular complexity index is 1840. The third-order valence-corrected chi connectivity index (χ3v) is 11.4. The maximum Gasteiger partial charge on any atom is 0.481 e. The molecule has 0 spiro atoms. The average molecular weight is 864 g/mol. The Balaban J connectivity index is 1.50. The number of aliphatic hydroxyl groups excluding tert-OH is 2. The summed E-state index contributed by atoms with van der Waals surface area (Å²) in [4.78, 5) is 75.5. The number of ether oxygens (including phenoxy) is 1. The van der Waals surface area contributed by atoms with Gasteiger partial charge in [-0.1, -0.05) is 26.5 Å². The van der Waals surface area contributed by atoms with Gasteiger partial charge in [-0.25, -0.2) is 28.6 Å². The topological polar surface area (TPSA) is 367 Å². The highest BCUT2D eigenvalue weighted by atomic mass is 32.2. The summed E-state index contributed by atoms with van der Waals surface area (Å²) in [6.07, 6.45) is -3.97. The Morgan fingerprint density at radius 2 is 1.78 bits per heavy atom. The van der Waals surface area contributed by atoms with E-state index in [1.165, 1.54) is 37.8 Å². The molecule has 11 N–H and O–H groups in total. The van der Waals surface area contributed by atoms with E-state index in [1.807, 2.05) is 0 Å². The van der Waals surface area contributed by atoms with Gasteiger partial charge < -0.3 is 56.0 Å². The molecule has 28 heteroatoms. The van der Waals surface area contributed by atoms with Crippen molar-refractivity contribution in [2.24, 2.45) is 5.41 Å². The maximum atomic E-state index is 12.7. The van der Waals surface area contributed by atoms with Gasteiger partial charge in [0.2, 0.25) is 11.8 Å². The molecule has 4 unspecified atom stereocenters. The van der Waals surface area contributed by atoms with Gasteiger partial charge in [0.15, 0.2) is 17.7 Å². The Hall–Kier alpha value is -2.67. The number of nitrogens with zero attached hydrogens (tertiary/aromatic N) is 4. The number of nitrogens with one attached hydrogen (secondary N) is 2. The van der Waals surface area contributed by atoms with E-state index in [0.717, 1.165) is 17.2 Å². The number of hydrogen-bond donors (Lipinski definition) is 10. The molecule has 0 saturated carbocycles. The van der Waals surface area contributed by atoms with Crippen molar-refractivity contribution >= 4 is 64.0 Å². The number of thioether (sulfide) groups is 1. The van der Waals surface area contributed by atoms with Crippen molar-refractivity contribution in [2.75, 3.05) is 37.8 Å². The van der Waals surface area contributed by atoms with E-state index in [-0.39, 0.29) is 29.9 Å². The number of imidazole rings is 1. The predicted octanol–water partition coefficient (Wildman–Crippen LogP) is -0.411. The van der Waals surface area contributed by atoms with Gasteiger partial charge >= 0.3 is 23.5 Å². The molecule has 24 nitrogen and oxygen atoms in total. The van der Waals surface area contributed by atoms with Crippen molar-refractivity contribution < 1.29 is 80.8 Å². The first-order chi connectivity index (χ1) is 25.4. The van der Waals surface area contributed by atoms with Gasteiger partial charge in [-0.15, -0.1) is 11.8 Å². The minimum absolute atomic E-state index is 0.0310. The zero-order valence-corrected chi connectivity index (χ0v) is 33.1. The normalized spacial score (nSPS) is 23.2. The number of fused-ring (bicyclic) bond motifs is 1. The van der Waals surface area contributed by atoms with Gasteiger partial charge in [-0.3, -0.25) is 27.7 Å². The van der Waals surface area contributed by atoms with Gasteiger partial charge in [0.1, 0.15) is 36.3 Å². The summed E-state index contributed by atoms with van der Waals surface area (Å²) >= 11 is 1.34. The molecule has 0 aliphatic carbocycles. The van der Waals surface area contributed by atoms with Crippen LogP contribution in [-0.4, -0.2) is 128 Å². The molecular weight excluding hydrogens is 819 g/mol. The summed E-state index contributed by atoms with van der Waals surface area (Å²) in [5.74, 6) is -0.913. The van der Waals surface area contributed by atoms with E-state index in [4.69, 9.17) is 19.5 Å². The molecule has 1 aliphatic rings. The first kappa shape index (κ1) is 46.7. The van der Waals surface area contributed by atoms with Crippen molar-refractivity contribution in [3.63, 3.8) is 0 Å². The number of carbonyl (C=O) groups is 2. The quantitative estimate of drug-likeness (QED) is 0.0408. The number of amides is 2. The smallest absolute Gasteiger partial charge is 0.386 e. The lowest BCUT2D eigenvalue weighted by molar-refractivity contribution is -0.137. The van der Waals surface area contributed by atoms with Crippen LogP contribution in [0.25, 0.3) is 11.2 Å². The molecule has 1 fully saturated rings. The molecule has 1 aliphatic heterocycles. The van der Waals surface area contributed by atoms with Gasteiger partial charge in [0.05, 0.1) is 25.1 Å². The monoisotopic (exact) mass is 863 g/mol. The minimum atomic E-state index is -5.56. The van der Waals surface area contributed by atoms with Crippen LogP contribution < -0.4 is 16.4 Å². The third kappa shape index (κ3) is 14.3. The first-order valence-electron chi connectivity index (χ1n) is 15.9. The molecule has 2 aromatic rings. The highest BCUT2D eigenvalue weighted by molar-refractivity contribution is 8.02. The van der Waals surface area contributed by atoms with E-state index >= 15 is 0 Å². The van der Waals surface area contributed by atoms with E-state index in [1.54, 1.807) is 12.3 Å². The van der Waals surface area contributed by atoms with Crippen LogP contribution in [0.2, 0.25) is 0 Å². The average Bonchev–Trinajstić information content (AvgIpc) is 3.64. The van der Waals surface area contributed by atoms with Crippen LogP contribution in [0, 0.1) is 5.41 Å². The standard InChI is InChI=1S/C27H44N7O17P3S/c1-5-27(4,39)7-10-55-11-9-29-17(35)6-8-30-24(38)21(37)26(2,3)13-48-54(45,46)51-53(43,44)47-12-16-20(50-52(40,41)42)19(36)25(49-16)34-15-33-18-22(28)31-14-32-23(18)34/h5,7,10,14-16,19-21,25,36-37,39H,1,6,8-9,11-13H2,2-4H3,(H,29,35)(H,30,38)(H,43,44)(H,45,46)(H2,28,31,32)(H2,40,41,42)/t16-,19-,20-,21?,25-,27?/m1/s1. The van der Waals surface area contributed by atoms with Crippen LogP contribution in [-0.2, 0) is 45.9 Å². The van der Waals surface area contributed by atoms with Crippen LogP contribution in [0.1, 0.15) is 33.4 Å². The Labute approximate surface area is 317 Å². The second-order valence-electron chi connectivity index (χ2n) is 12.7. The zero-order chi connectivity index (χ0) is 41.4. The van der Waals surface area contributed by atoms with Gasteiger partial charge in [-0.2, -0.15) is 4.31 Å². The molecule has 3 heterocycles. The third-order valence-electron chi connectivity index (χ3n) is 7.53. The number of aromatic nitrogens is 4. The fraction of sp³-hybridized carbons (Fsp3) is 0.593. The number of aliphatic hydroxyl groups is 3. The molecule has 1 saturated heterocycles. The van der Waals surface area contributed by atoms with E-state index in [0.29, 0.717) is 12.3 Å². The molecule has 2 amide bonds. The molecule has 0 aromatic carbocycles. The number of nitrogen functional groups attached to an aromatic ring is 1. The number of nitrogens with two attached hydrogens (primary N) is 1. The molecule has 0 bridgehead atoms. The number of phosphoric ester groups is 3. The molecule has 3 rings (SSSR count). The van der Waals surface area contributed by atoms with Gasteiger partial charge in [0.25, 0.3) is 0 Å². The van der Waals surface area contributed by atoms with Crippen LogP contribution in [0.4, 0.5) is 5.82 Å². The predicted molar refractivity (Wildman–Crippen MR) is 192 cm³/mol. The Morgan fingerprint density at radius 1 is 1.11 bits per heavy atom. The lowest BCUT2D eigenvalue weighted by atomic mass is 9.87. The zero-order valence-electron chi connectivity index (χ0n) is 29.6. The summed E-state index contributed by atoms with van der Waals surface area (Å²) in [6, 6.07) is 0. The van der Waals surface area contributed by atoms with Crippen LogP contribution in [0.5, 0.6) is 0 Å². The summed E-state index contributed by atoms with van der Waals surface area (Å²) in [5, 5.41) is 37.9. The van der Waals surface area contributed by atoms with Crippen molar-refractivity contribution in [3.05, 3.63) is 36.8 Å². The minimum Gasteiger partial charge on any atom is -0.386 e. The number of carbonyl (C=O) groups excluding carboxylic acids is 2. The second kappa shape index (κ2) is 19.2. The lowest BCUT2D eigenvalue weighted by Crippen LogP contribution is -2.46.